The molecule has 0 radical (unpaired) electrons. The fraction of sp³-hybridized carbons (Fsp3) is 0. The highest BCUT2D eigenvalue weighted by Gasteiger charge is 2.12. The van der Waals surface area contributed by atoms with Gasteiger partial charge >= 0.3 is 0 Å². The van der Waals surface area contributed by atoms with E-state index in [1.807, 2.05) is 24.3 Å². The van der Waals surface area contributed by atoms with Crippen LogP contribution in [-0.2, 0) is 0 Å². The first-order valence-corrected chi connectivity index (χ1v) is 5.51. The van der Waals surface area contributed by atoms with Crippen LogP contribution in [0.15, 0.2) is 55.0 Å². The summed E-state index contributed by atoms with van der Waals surface area (Å²) in [7, 11) is 0. The Balaban J connectivity index is 2.18. The number of nitrogens with zero attached hydrogens (tertiary/aromatic N) is 3. The van der Waals surface area contributed by atoms with Crippen LogP contribution in [0.3, 0.4) is 0 Å². The van der Waals surface area contributed by atoms with Crippen molar-refractivity contribution in [1.29, 1.82) is 0 Å². The molecule has 0 aliphatic rings. The number of pyridine rings is 1. The van der Waals surface area contributed by atoms with Crippen molar-refractivity contribution in [3.63, 3.8) is 0 Å². The second-order valence-corrected chi connectivity index (χ2v) is 3.84. The van der Waals surface area contributed by atoms with Gasteiger partial charge in [0.2, 0.25) is 0 Å². The van der Waals surface area contributed by atoms with E-state index in [1.165, 1.54) is 12.4 Å². The summed E-state index contributed by atoms with van der Waals surface area (Å²) in [6.45, 7) is 0. The second-order valence-electron chi connectivity index (χ2n) is 3.84. The van der Waals surface area contributed by atoms with Gasteiger partial charge in [0.25, 0.3) is 0 Å². The summed E-state index contributed by atoms with van der Waals surface area (Å²) in [5.74, 6) is -0.0662. The van der Waals surface area contributed by atoms with Crippen LogP contribution in [0, 0.1) is 0 Å². The maximum atomic E-state index is 12.4. The Morgan fingerprint density at radius 3 is 2.72 bits per heavy atom. The molecule has 0 fully saturated rings. The Labute approximate surface area is 103 Å². The second kappa shape index (κ2) is 4.33. The first kappa shape index (κ1) is 10.5. The van der Waals surface area contributed by atoms with E-state index in [1.54, 1.807) is 18.3 Å². The highest BCUT2D eigenvalue weighted by molar-refractivity contribution is 6.15. The average molecular weight is 235 g/mol. The third-order valence-electron chi connectivity index (χ3n) is 2.74. The van der Waals surface area contributed by atoms with Gasteiger partial charge in [-0.15, -0.1) is 0 Å². The molecule has 3 rings (SSSR count). The number of benzene rings is 1. The molecular weight excluding hydrogens is 226 g/mol. The fourth-order valence-corrected chi connectivity index (χ4v) is 1.88. The number of carbonyl (C=O) groups excluding carboxylic acids is 1. The lowest BCUT2D eigenvalue weighted by Crippen LogP contribution is -2.03. The average Bonchev–Trinajstić information content (AvgIpc) is 2.47. The summed E-state index contributed by atoms with van der Waals surface area (Å²) in [6, 6.07) is 10.9. The van der Waals surface area contributed by atoms with Crippen LogP contribution < -0.4 is 0 Å². The monoisotopic (exact) mass is 235 g/mol. The van der Waals surface area contributed by atoms with Crippen LogP contribution in [0.25, 0.3) is 10.9 Å². The van der Waals surface area contributed by atoms with Gasteiger partial charge in [-0.1, -0.05) is 18.2 Å². The van der Waals surface area contributed by atoms with Gasteiger partial charge in [0.05, 0.1) is 17.9 Å². The molecule has 0 bridgehead atoms. The maximum Gasteiger partial charge on any atom is 0.195 e. The van der Waals surface area contributed by atoms with Gasteiger partial charge in [0.1, 0.15) is 0 Å². The summed E-state index contributed by atoms with van der Waals surface area (Å²) in [6.07, 6.45) is 4.69. The lowest BCUT2D eigenvalue weighted by molar-refractivity contribution is 0.103. The molecule has 2 heterocycles. The molecule has 0 atom stereocenters. The Morgan fingerprint density at radius 1 is 0.944 bits per heavy atom. The summed E-state index contributed by atoms with van der Waals surface area (Å²) in [4.78, 5) is 16.6. The molecule has 18 heavy (non-hydrogen) atoms. The topological polar surface area (TPSA) is 55.7 Å². The number of aromatic nitrogens is 3. The van der Waals surface area contributed by atoms with Crippen molar-refractivity contribution in [2.24, 2.45) is 0 Å². The van der Waals surface area contributed by atoms with Crippen molar-refractivity contribution < 1.29 is 4.79 Å². The van der Waals surface area contributed by atoms with Crippen molar-refractivity contribution >= 4 is 16.7 Å². The summed E-state index contributed by atoms with van der Waals surface area (Å²) in [5, 5.41) is 8.24. The minimum atomic E-state index is -0.0662. The van der Waals surface area contributed by atoms with Gasteiger partial charge in [-0.2, -0.15) is 10.2 Å². The van der Waals surface area contributed by atoms with E-state index in [0.717, 1.165) is 10.9 Å². The molecule has 86 valence electrons. The van der Waals surface area contributed by atoms with Crippen molar-refractivity contribution in [2.45, 2.75) is 0 Å². The zero-order valence-electron chi connectivity index (χ0n) is 9.45. The lowest BCUT2D eigenvalue weighted by Gasteiger charge is -2.04. The fourth-order valence-electron chi connectivity index (χ4n) is 1.88. The van der Waals surface area contributed by atoms with Crippen LogP contribution in [-0.4, -0.2) is 21.0 Å². The molecule has 1 aromatic carbocycles. The Morgan fingerprint density at radius 2 is 1.89 bits per heavy atom. The van der Waals surface area contributed by atoms with E-state index in [9.17, 15) is 4.79 Å². The van der Waals surface area contributed by atoms with Crippen LogP contribution in [0.5, 0.6) is 0 Å². The van der Waals surface area contributed by atoms with E-state index in [2.05, 4.69) is 15.2 Å². The molecule has 0 spiro atoms. The van der Waals surface area contributed by atoms with E-state index in [4.69, 9.17) is 0 Å². The predicted molar refractivity (Wildman–Crippen MR) is 67.2 cm³/mol. The SMILES string of the molecule is O=C(c1ccnnc1)c1cccc2ncccc12. The molecule has 0 unspecified atom stereocenters. The predicted octanol–water partition coefficient (Wildman–Crippen LogP) is 2.26. The lowest BCUT2D eigenvalue weighted by atomic mass is 10.0. The number of ketones is 1. The van der Waals surface area contributed by atoms with Crippen LogP contribution in [0.2, 0.25) is 0 Å². The molecule has 0 saturated carbocycles. The standard InChI is InChI=1S/C14H9N3O/c18-14(10-6-8-16-17-9-10)12-3-1-5-13-11(12)4-2-7-15-13/h1-9H. The number of carbonyl (C=O) groups is 1. The minimum Gasteiger partial charge on any atom is -0.289 e. The zero-order valence-corrected chi connectivity index (χ0v) is 9.45. The van der Waals surface area contributed by atoms with Crippen LogP contribution >= 0.6 is 0 Å². The Kier molecular flexibility index (Phi) is 2.53. The molecule has 0 aliphatic carbocycles. The normalized spacial score (nSPS) is 10.4. The molecular formula is C14H9N3O. The van der Waals surface area contributed by atoms with Crippen molar-refractivity contribution in [2.75, 3.05) is 0 Å². The number of fused-ring (bicyclic) bond motifs is 1. The quantitative estimate of drug-likeness (QED) is 0.639. The molecule has 3 aromatic rings. The Bertz CT molecular complexity index is 705. The summed E-state index contributed by atoms with van der Waals surface area (Å²) < 4.78 is 0. The molecule has 0 amide bonds. The van der Waals surface area contributed by atoms with Crippen molar-refractivity contribution in [3.05, 3.63) is 66.1 Å². The maximum absolute atomic E-state index is 12.4. The number of rotatable bonds is 2. The van der Waals surface area contributed by atoms with E-state index in [-0.39, 0.29) is 5.78 Å². The molecule has 4 nitrogen and oxygen atoms in total. The summed E-state index contributed by atoms with van der Waals surface area (Å²) in [5.41, 5.74) is 1.97. The van der Waals surface area contributed by atoms with Crippen molar-refractivity contribution in [3.8, 4) is 0 Å². The van der Waals surface area contributed by atoms with Gasteiger partial charge in [-0.05, 0) is 18.2 Å². The highest BCUT2D eigenvalue weighted by atomic mass is 16.1. The third kappa shape index (κ3) is 1.73. The van der Waals surface area contributed by atoms with Crippen LogP contribution in [0.4, 0.5) is 0 Å². The first-order chi connectivity index (χ1) is 8.86. The smallest absolute Gasteiger partial charge is 0.195 e. The minimum absolute atomic E-state index is 0.0662. The molecule has 0 aliphatic heterocycles. The molecule has 4 heteroatoms. The van der Waals surface area contributed by atoms with Gasteiger partial charge in [0.15, 0.2) is 5.78 Å². The summed E-state index contributed by atoms with van der Waals surface area (Å²) >= 11 is 0. The molecule has 0 saturated heterocycles. The molecule has 0 N–H and O–H groups in total. The third-order valence-corrected chi connectivity index (χ3v) is 2.74. The first-order valence-electron chi connectivity index (χ1n) is 5.51. The molecule has 2 aromatic heterocycles. The van der Waals surface area contributed by atoms with E-state index >= 15 is 0 Å². The van der Waals surface area contributed by atoms with Crippen molar-refractivity contribution in [1.82, 2.24) is 15.2 Å². The largest absolute Gasteiger partial charge is 0.289 e. The van der Waals surface area contributed by atoms with Gasteiger partial charge in [-0.25, -0.2) is 0 Å². The van der Waals surface area contributed by atoms with Gasteiger partial charge in [-0.3, -0.25) is 9.78 Å². The zero-order chi connectivity index (χ0) is 12.4. The number of hydrogen-bond acceptors (Lipinski definition) is 4. The van der Waals surface area contributed by atoms with E-state index in [0.29, 0.717) is 11.1 Å². The highest BCUT2D eigenvalue weighted by Crippen LogP contribution is 2.19. The van der Waals surface area contributed by atoms with Gasteiger partial charge in [0, 0.05) is 22.7 Å². The van der Waals surface area contributed by atoms with E-state index < -0.39 is 0 Å². The van der Waals surface area contributed by atoms with Gasteiger partial charge < -0.3 is 0 Å². The Hall–Kier alpha value is -2.62. The van der Waals surface area contributed by atoms with Crippen LogP contribution in [0.1, 0.15) is 15.9 Å². The number of hydrogen-bond donors (Lipinski definition) is 0.